The molecule has 0 spiro atoms. The van der Waals surface area contributed by atoms with E-state index in [9.17, 15) is 13.2 Å². The van der Waals surface area contributed by atoms with Gasteiger partial charge in [-0.3, -0.25) is 4.79 Å². The summed E-state index contributed by atoms with van der Waals surface area (Å²) in [6.45, 7) is 2.74. The number of nitrogens with zero attached hydrogens (tertiary/aromatic N) is 2. The highest BCUT2D eigenvalue weighted by Gasteiger charge is 2.27. The molecule has 0 aromatic heterocycles. The van der Waals surface area contributed by atoms with Gasteiger partial charge in [0.25, 0.3) is 0 Å². The summed E-state index contributed by atoms with van der Waals surface area (Å²) in [5, 5.41) is 0.556. The lowest BCUT2D eigenvalue weighted by Crippen LogP contribution is -2.34. The molecule has 1 heterocycles. The summed E-state index contributed by atoms with van der Waals surface area (Å²) >= 11 is 12.2. The number of hydrogen-bond acceptors (Lipinski definition) is 3. The van der Waals surface area contributed by atoms with E-state index in [1.807, 2.05) is 24.3 Å². The molecule has 0 bridgehead atoms. The van der Waals surface area contributed by atoms with Gasteiger partial charge in [0.05, 0.1) is 4.90 Å². The second kappa shape index (κ2) is 10.8. The van der Waals surface area contributed by atoms with Crippen LogP contribution in [0.3, 0.4) is 0 Å². The minimum absolute atomic E-state index is 0.0432. The van der Waals surface area contributed by atoms with Crippen molar-refractivity contribution < 1.29 is 13.2 Å². The van der Waals surface area contributed by atoms with Crippen LogP contribution in [0.25, 0.3) is 0 Å². The first-order valence-corrected chi connectivity index (χ1v) is 12.8. The average Bonchev–Trinajstić information content (AvgIpc) is 2.72. The molecule has 0 radical (unpaired) electrons. The van der Waals surface area contributed by atoms with E-state index in [1.54, 1.807) is 11.8 Å². The smallest absolute Gasteiger partial charge is 0.243 e. The van der Waals surface area contributed by atoms with Gasteiger partial charge >= 0.3 is 0 Å². The van der Waals surface area contributed by atoms with E-state index < -0.39 is 10.0 Å². The molecule has 3 rings (SSSR count). The highest BCUT2D eigenvalue weighted by molar-refractivity contribution is 7.89. The fourth-order valence-corrected chi connectivity index (χ4v) is 6.11. The van der Waals surface area contributed by atoms with Gasteiger partial charge in [0, 0.05) is 42.3 Å². The van der Waals surface area contributed by atoms with E-state index in [1.165, 1.54) is 22.5 Å². The van der Waals surface area contributed by atoms with Crippen molar-refractivity contribution in [2.45, 2.75) is 56.9 Å². The minimum atomic E-state index is -3.82. The van der Waals surface area contributed by atoms with Gasteiger partial charge in [-0.1, -0.05) is 67.1 Å². The number of carbonyl (C=O) groups excluding carboxylic acids is 1. The quantitative estimate of drug-likeness (QED) is 0.535. The summed E-state index contributed by atoms with van der Waals surface area (Å²) < 4.78 is 28.5. The van der Waals surface area contributed by atoms with E-state index in [2.05, 4.69) is 0 Å². The van der Waals surface area contributed by atoms with Crippen molar-refractivity contribution in [1.82, 2.24) is 4.31 Å². The molecule has 1 aliphatic heterocycles. The Kier molecular flexibility index (Phi) is 8.39. The summed E-state index contributed by atoms with van der Waals surface area (Å²) in [5.41, 5.74) is 1.56. The Morgan fingerprint density at radius 3 is 2.10 bits per heavy atom. The van der Waals surface area contributed by atoms with Crippen LogP contribution in [0.4, 0.5) is 5.69 Å². The maximum absolute atomic E-state index is 13.5. The standard InChI is InChI=1S/C23H28Cl2N2O3S/c1-18(28)27-13-9-5-3-2-4-8-12-26(17-19-10-6-7-11-23(19)27)31(29,30)22-15-20(24)14-21(25)16-22/h6-7,10-11,14-16H,2-5,8-9,12-13,17H2,1H3. The van der Waals surface area contributed by atoms with Crippen LogP contribution < -0.4 is 4.90 Å². The van der Waals surface area contributed by atoms with Crippen molar-refractivity contribution in [3.8, 4) is 0 Å². The van der Waals surface area contributed by atoms with E-state index in [0.29, 0.717) is 13.1 Å². The minimum Gasteiger partial charge on any atom is -0.312 e. The monoisotopic (exact) mass is 482 g/mol. The summed E-state index contributed by atoms with van der Waals surface area (Å²) in [4.78, 5) is 14.2. The van der Waals surface area contributed by atoms with Crippen molar-refractivity contribution in [2.24, 2.45) is 0 Å². The molecule has 0 N–H and O–H groups in total. The molecule has 0 aliphatic carbocycles. The molecule has 2 aromatic carbocycles. The predicted molar refractivity (Wildman–Crippen MR) is 126 cm³/mol. The number of amides is 1. The first kappa shape index (κ1) is 24.1. The zero-order valence-electron chi connectivity index (χ0n) is 17.7. The van der Waals surface area contributed by atoms with Gasteiger partial charge in [0.15, 0.2) is 0 Å². The molecule has 5 nitrogen and oxygen atoms in total. The van der Waals surface area contributed by atoms with Crippen LogP contribution >= 0.6 is 23.2 Å². The SMILES string of the molecule is CC(=O)N1CCCCCCCCN(S(=O)(=O)c2cc(Cl)cc(Cl)c2)Cc2ccccc21. The van der Waals surface area contributed by atoms with Gasteiger partial charge in [-0.15, -0.1) is 0 Å². The van der Waals surface area contributed by atoms with Crippen molar-refractivity contribution in [2.75, 3.05) is 18.0 Å². The lowest BCUT2D eigenvalue weighted by atomic mass is 10.1. The summed E-state index contributed by atoms with van der Waals surface area (Å²) in [5.74, 6) is -0.0432. The molecular weight excluding hydrogens is 455 g/mol. The Labute approximate surface area is 195 Å². The first-order valence-electron chi connectivity index (χ1n) is 10.6. The Bertz CT molecular complexity index is 1010. The first-order chi connectivity index (χ1) is 14.8. The zero-order chi connectivity index (χ0) is 22.4. The third kappa shape index (κ3) is 6.22. The second-order valence-electron chi connectivity index (χ2n) is 7.86. The van der Waals surface area contributed by atoms with E-state index in [4.69, 9.17) is 23.2 Å². The normalized spacial score (nSPS) is 17.2. The van der Waals surface area contributed by atoms with Gasteiger partial charge in [-0.2, -0.15) is 4.31 Å². The van der Waals surface area contributed by atoms with Gasteiger partial charge in [0.1, 0.15) is 0 Å². The second-order valence-corrected chi connectivity index (χ2v) is 10.7. The maximum atomic E-state index is 13.5. The number of sulfonamides is 1. The Morgan fingerprint density at radius 1 is 0.871 bits per heavy atom. The fraction of sp³-hybridized carbons (Fsp3) is 0.435. The molecule has 31 heavy (non-hydrogen) atoms. The van der Waals surface area contributed by atoms with E-state index in [0.717, 1.165) is 49.8 Å². The Morgan fingerprint density at radius 2 is 1.45 bits per heavy atom. The number of carbonyl (C=O) groups is 1. The number of hydrogen-bond donors (Lipinski definition) is 0. The molecular formula is C23H28Cl2N2O3S. The molecule has 0 unspecified atom stereocenters. The Hall–Kier alpha value is -1.60. The van der Waals surface area contributed by atoms with Crippen LogP contribution in [-0.4, -0.2) is 31.7 Å². The van der Waals surface area contributed by atoms with Crippen molar-refractivity contribution in [3.63, 3.8) is 0 Å². The van der Waals surface area contributed by atoms with Gasteiger partial charge in [0.2, 0.25) is 15.9 Å². The molecule has 1 aliphatic rings. The fourth-order valence-electron chi connectivity index (χ4n) is 3.92. The highest BCUT2D eigenvalue weighted by Crippen LogP contribution is 2.29. The number of halogens is 2. The van der Waals surface area contributed by atoms with Crippen LogP contribution in [0.1, 0.15) is 51.0 Å². The summed E-state index contributed by atoms with van der Waals surface area (Å²) in [7, 11) is -3.82. The molecule has 168 valence electrons. The van der Waals surface area contributed by atoms with Crippen molar-refractivity contribution in [3.05, 3.63) is 58.1 Å². The third-order valence-electron chi connectivity index (χ3n) is 5.52. The maximum Gasteiger partial charge on any atom is 0.243 e. The van der Waals surface area contributed by atoms with Crippen LogP contribution in [0.5, 0.6) is 0 Å². The highest BCUT2D eigenvalue weighted by atomic mass is 35.5. The molecule has 2 aromatic rings. The molecule has 0 saturated heterocycles. The van der Waals surface area contributed by atoms with Crippen molar-refractivity contribution in [1.29, 1.82) is 0 Å². The average molecular weight is 483 g/mol. The van der Waals surface area contributed by atoms with Crippen LogP contribution in [-0.2, 0) is 21.4 Å². The molecule has 0 saturated carbocycles. The number of fused-ring (bicyclic) bond motifs is 1. The number of anilines is 1. The molecule has 0 fully saturated rings. The topological polar surface area (TPSA) is 57.7 Å². The number of benzene rings is 2. The molecule has 8 heteroatoms. The van der Waals surface area contributed by atoms with E-state index >= 15 is 0 Å². The number of para-hydroxylation sites is 1. The van der Waals surface area contributed by atoms with E-state index in [-0.39, 0.29) is 27.4 Å². The third-order valence-corrected chi connectivity index (χ3v) is 7.78. The van der Waals surface area contributed by atoms with Gasteiger partial charge < -0.3 is 4.90 Å². The van der Waals surface area contributed by atoms with Crippen LogP contribution in [0, 0.1) is 0 Å². The van der Waals surface area contributed by atoms with Crippen molar-refractivity contribution >= 4 is 44.8 Å². The van der Waals surface area contributed by atoms with Crippen LogP contribution in [0.2, 0.25) is 10.0 Å². The summed E-state index contributed by atoms with van der Waals surface area (Å²) in [6.07, 6.45) is 5.83. The van der Waals surface area contributed by atoms with Gasteiger partial charge in [-0.05, 0) is 42.7 Å². The van der Waals surface area contributed by atoms with Crippen LogP contribution in [0.15, 0.2) is 47.4 Å². The predicted octanol–water partition coefficient (Wildman–Crippen LogP) is 5.89. The lowest BCUT2D eigenvalue weighted by molar-refractivity contribution is -0.116. The number of rotatable bonds is 2. The molecule has 0 atom stereocenters. The summed E-state index contributed by atoms with van der Waals surface area (Å²) in [6, 6.07) is 11.9. The van der Waals surface area contributed by atoms with Gasteiger partial charge in [-0.25, -0.2) is 8.42 Å². The Balaban J connectivity index is 2.03. The zero-order valence-corrected chi connectivity index (χ0v) is 20.0. The molecule has 1 amide bonds. The lowest BCUT2D eigenvalue weighted by Gasteiger charge is -2.27. The largest absolute Gasteiger partial charge is 0.312 e.